The van der Waals surface area contributed by atoms with E-state index in [0.29, 0.717) is 17.9 Å². The Morgan fingerprint density at radius 1 is 0.808 bits per heavy atom. The quantitative estimate of drug-likeness (QED) is 0.575. The number of phenols is 1. The second-order valence-corrected chi connectivity index (χ2v) is 8.76. The van der Waals surface area contributed by atoms with Gasteiger partial charge in [0.1, 0.15) is 0 Å². The Morgan fingerprint density at radius 2 is 1.35 bits per heavy atom. The van der Waals surface area contributed by atoms with Crippen molar-refractivity contribution in [2.45, 2.75) is 84.0 Å². The predicted molar refractivity (Wildman–Crippen MR) is 102 cm³/mol. The normalized spacial score (nSPS) is 29.7. The Labute approximate surface area is 157 Å². The summed E-state index contributed by atoms with van der Waals surface area (Å²) in [6.07, 6.45) is 15.1. The van der Waals surface area contributed by atoms with Crippen molar-refractivity contribution in [2.24, 2.45) is 23.7 Å². The Hall–Kier alpha value is -1.12. The molecule has 2 saturated carbocycles. The highest BCUT2D eigenvalue weighted by Crippen LogP contribution is 2.43. The molecule has 3 heteroatoms. The van der Waals surface area contributed by atoms with Crippen LogP contribution in [0.2, 0.25) is 0 Å². The summed E-state index contributed by atoms with van der Waals surface area (Å²) >= 11 is 0. The van der Waals surface area contributed by atoms with Gasteiger partial charge in [0.2, 0.25) is 5.82 Å². The molecule has 26 heavy (non-hydrogen) atoms. The van der Waals surface area contributed by atoms with Gasteiger partial charge in [0.25, 0.3) is 0 Å². The van der Waals surface area contributed by atoms with Crippen LogP contribution in [0.3, 0.4) is 0 Å². The van der Waals surface area contributed by atoms with Gasteiger partial charge >= 0.3 is 0 Å². The first kappa shape index (κ1) is 19.6. The van der Waals surface area contributed by atoms with Gasteiger partial charge in [0.05, 0.1) is 0 Å². The molecule has 1 aromatic rings. The summed E-state index contributed by atoms with van der Waals surface area (Å²) in [5, 5.41) is 9.23. The fourth-order valence-corrected chi connectivity index (χ4v) is 5.44. The van der Waals surface area contributed by atoms with Crippen molar-refractivity contribution in [1.82, 2.24) is 0 Å². The molecule has 0 aliphatic heterocycles. The fraction of sp³-hybridized carbons (Fsp3) is 0.739. The molecule has 1 aromatic carbocycles. The Morgan fingerprint density at radius 3 is 1.88 bits per heavy atom. The predicted octanol–water partition coefficient (Wildman–Crippen LogP) is 7.02. The minimum Gasteiger partial charge on any atom is -0.505 e. The van der Waals surface area contributed by atoms with Crippen LogP contribution in [-0.4, -0.2) is 5.11 Å². The van der Waals surface area contributed by atoms with Gasteiger partial charge in [0.15, 0.2) is 11.6 Å². The molecule has 0 bridgehead atoms. The molecular weight excluding hydrogens is 330 g/mol. The van der Waals surface area contributed by atoms with Crippen LogP contribution in [-0.2, 0) is 6.42 Å². The number of hydrogen-bond donors (Lipinski definition) is 1. The molecule has 0 saturated heterocycles. The average molecular weight is 365 g/mol. The molecule has 0 radical (unpaired) electrons. The van der Waals surface area contributed by atoms with Crippen molar-refractivity contribution in [1.29, 1.82) is 0 Å². The van der Waals surface area contributed by atoms with Crippen LogP contribution in [0.5, 0.6) is 5.75 Å². The summed E-state index contributed by atoms with van der Waals surface area (Å²) in [6, 6.07) is 2.79. The van der Waals surface area contributed by atoms with Gasteiger partial charge in [-0.05, 0) is 73.8 Å². The lowest BCUT2D eigenvalue weighted by molar-refractivity contribution is 0.141. The maximum atomic E-state index is 13.9. The lowest BCUT2D eigenvalue weighted by atomic mass is 9.68. The van der Waals surface area contributed by atoms with E-state index in [0.717, 1.165) is 24.2 Å². The maximum Gasteiger partial charge on any atom is 0.200 e. The molecule has 2 aliphatic carbocycles. The number of rotatable bonds is 6. The van der Waals surface area contributed by atoms with E-state index in [1.807, 2.05) is 0 Å². The van der Waals surface area contributed by atoms with Crippen LogP contribution in [0.25, 0.3) is 0 Å². The molecule has 0 aromatic heterocycles. The summed E-state index contributed by atoms with van der Waals surface area (Å²) in [7, 11) is 0. The smallest absolute Gasteiger partial charge is 0.200 e. The van der Waals surface area contributed by atoms with Gasteiger partial charge in [0, 0.05) is 0 Å². The molecule has 1 nitrogen and oxygen atoms in total. The van der Waals surface area contributed by atoms with Crippen molar-refractivity contribution in [2.75, 3.05) is 0 Å². The summed E-state index contributed by atoms with van der Waals surface area (Å²) in [5.74, 6) is 0.879. The van der Waals surface area contributed by atoms with E-state index in [4.69, 9.17) is 0 Å². The number of hydrogen-bond acceptors (Lipinski definition) is 1. The van der Waals surface area contributed by atoms with Gasteiger partial charge in [-0.15, -0.1) is 0 Å². The van der Waals surface area contributed by atoms with Crippen molar-refractivity contribution >= 4 is 0 Å². The van der Waals surface area contributed by atoms with E-state index in [2.05, 4.69) is 6.92 Å². The van der Waals surface area contributed by atoms with Gasteiger partial charge in [-0.3, -0.25) is 0 Å². The Balaban J connectivity index is 1.41. The van der Waals surface area contributed by atoms with Crippen molar-refractivity contribution in [3.63, 3.8) is 0 Å². The molecule has 1 N–H and O–H groups in total. The number of aryl methyl sites for hydroxylation is 1. The summed E-state index contributed by atoms with van der Waals surface area (Å²) in [4.78, 5) is 0. The van der Waals surface area contributed by atoms with E-state index < -0.39 is 17.4 Å². The summed E-state index contributed by atoms with van der Waals surface area (Å²) < 4.78 is 27.3. The van der Waals surface area contributed by atoms with Crippen LogP contribution in [0.4, 0.5) is 8.78 Å². The zero-order valence-corrected chi connectivity index (χ0v) is 16.2. The molecule has 146 valence electrons. The van der Waals surface area contributed by atoms with Crippen molar-refractivity contribution in [3.05, 3.63) is 29.3 Å². The average Bonchev–Trinajstić information content (AvgIpc) is 2.67. The molecule has 3 rings (SSSR count). The Kier molecular flexibility index (Phi) is 6.94. The third-order valence-electron chi connectivity index (χ3n) is 7.11. The SMILES string of the molecule is CCCC1CCC(C2CCC(CCc3ccc(O)c(F)c3F)CC2)CC1. The molecule has 0 heterocycles. The third-order valence-corrected chi connectivity index (χ3v) is 7.11. The molecule has 0 atom stereocenters. The lowest BCUT2D eigenvalue weighted by Gasteiger charge is -2.38. The van der Waals surface area contributed by atoms with Crippen LogP contribution in [0.1, 0.15) is 83.1 Å². The standard InChI is InChI=1S/C23H34F2O/c1-2-3-16-4-9-18(10-5-16)19-11-6-17(7-12-19)8-13-20-14-15-21(26)23(25)22(20)24/h14-19,26H,2-13H2,1H3. The first-order valence-corrected chi connectivity index (χ1v) is 10.7. The zero-order chi connectivity index (χ0) is 18.5. The number of phenolic OH excluding ortho intramolecular Hbond substituents is 1. The van der Waals surface area contributed by atoms with E-state index in [-0.39, 0.29) is 0 Å². The summed E-state index contributed by atoms with van der Waals surface area (Å²) in [5.41, 5.74) is 0.400. The van der Waals surface area contributed by atoms with Crippen LogP contribution >= 0.6 is 0 Å². The second kappa shape index (κ2) is 9.19. The minimum atomic E-state index is -1.11. The maximum absolute atomic E-state index is 13.9. The van der Waals surface area contributed by atoms with E-state index in [9.17, 15) is 13.9 Å². The highest BCUT2D eigenvalue weighted by atomic mass is 19.2. The lowest BCUT2D eigenvalue weighted by Crippen LogP contribution is -2.26. The molecule has 0 amide bonds. The molecule has 2 fully saturated rings. The van der Waals surface area contributed by atoms with Crippen molar-refractivity contribution in [3.8, 4) is 5.75 Å². The van der Waals surface area contributed by atoms with Crippen molar-refractivity contribution < 1.29 is 13.9 Å². The molecule has 2 aliphatic rings. The fourth-order valence-electron chi connectivity index (χ4n) is 5.44. The van der Waals surface area contributed by atoms with Gasteiger partial charge in [-0.1, -0.05) is 51.5 Å². The third kappa shape index (κ3) is 4.78. The number of benzene rings is 1. The van der Waals surface area contributed by atoms with Gasteiger partial charge in [-0.25, -0.2) is 4.39 Å². The van der Waals surface area contributed by atoms with Crippen LogP contribution in [0, 0.1) is 35.3 Å². The highest BCUT2D eigenvalue weighted by molar-refractivity contribution is 5.29. The van der Waals surface area contributed by atoms with Crippen LogP contribution < -0.4 is 0 Å². The topological polar surface area (TPSA) is 20.2 Å². The monoisotopic (exact) mass is 364 g/mol. The first-order chi connectivity index (χ1) is 12.6. The van der Waals surface area contributed by atoms with E-state index in [1.54, 1.807) is 0 Å². The van der Waals surface area contributed by atoms with Gasteiger partial charge in [-0.2, -0.15) is 4.39 Å². The second-order valence-electron chi connectivity index (χ2n) is 8.76. The minimum absolute atomic E-state index is 0.400. The highest BCUT2D eigenvalue weighted by Gasteiger charge is 2.30. The first-order valence-electron chi connectivity index (χ1n) is 10.7. The molecule has 0 spiro atoms. The number of halogens is 2. The molecule has 0 unspecified atom stereocenters. The molecular formula is C23H34F2O. The van der Waals surface area contributed by atoms with E-state index in [1.165, 1.54) is 76.3 Å². The van der Waals surface area contributed by atoms with Gasteiger partial charge < -0.3 is 5.11 Å². The largest absolute Gasteiger partial charge is 0.505 e. The van der Waals surface area contributed by atoms with E-state index >= 15 is 0 Å². The number of aromatic hydroxyl groups is 1. The summed E-state index contributed by atoms with van der Waals surface area (Å²) in [6.45, 7) is 2.30. The zero-order valence-electron chi connectivity index (χ0n) is 16.2. The Bertz CT molecular complexity index is 570. The van der Waals surface area contributed by atoms with Crippen LogP contribution in [0.15, 0.2) is 12.1 Å².